The van der Waals surface area contributed by atoms with E-state index in [-0.39, 0.29) is 17.3 Å². The number of amides is 1. The molecule has 0 bridgehead atoms. The highest BCUT2D eigenvalue weighted by molar-refractivity contribution is 6.31. The van der Waals surface area contributed by atoms with Crippen molar-refractivity contribution in [3.05, 3.63) is 70.4 Å². The number of benzene rings is 2. The van der Waals surface area contributed by atoms with Crippen LogP contribution in [-0.2, 0) is 9.53 Å². The molecule has 0 unspecified atom stereocenters. The van der Waals surface area contributed by atoms with Crippen LogP contribution in [0.4, 0.5) is 5.69 Å². The van der Waals surface area contributed by atoms with Crippen LogP contribution in [0.5, 0.6) is 0 Å². The number of halogens is 1. The molecule has 1 amide bonds. The molecule has 0 spiro atoms. The van der Waals surface area contributed by atoms with Crippen molar-refractivity contribution in [2.75, 3.05) is 11.9 Å². The average molecular weight is 425 g/mol. The monoisotopic (exact) mass is 424 g/mol. The van der Waals surface area contributed by atoms with Crippen LogP contribution in [0.15, 0.2) is 48.5 Å². The maximum Gasteiger partial charge on any atom is 0.340 e. The Balaban J connectivity index is 1.64. The van der Waals surface area contributed by atoms with Crippen molar-refractivity contribution in [3.8, 4) is 0 Å². The Morgan fingerprint density at radius 2 is 1.80 bits per heavy atom. The zero-order chi connectivity index (χ0) is 21.7. The fourth-order valence-electron chi connectivity index (χ4n) is 2.93. The van der Waals surface area contributed by atoms with E-state index >= 15 is 0 Å². The minimum absolute atomic E-state index is 0.0776. The highest BCUT2D eigenvalue weighted by Gasteiger charge is 2.16. The van der Waals surface area contributed by atoms with E-state index in [0.717, 1.165) is 11.9 Å². The van der Waals surface area contributed by atoms with Crippen molar-refractivity contribution in [2.45, 2.75) is 26.7 Å². The van der Waals surface area contributed by atoms with E-state index in [4.69, 9.17) is 16.3 Å². The van der Waals surface area contributed by atoms with E-state index in [9.17, 15) is 14.4 Å². The fourth-order valence-corrected chi connectivity index (χ4v) is 3.11. The van der Waals surface area contributed by atoms with Gasteiger partial charge in [-0.1, -0.05) is 18.5 Å². The van der Waals surface area contributed by atoms with E-state index in [1.54, 1.807) is 55.5 Å². The molecule has 7 heteroatoms. The van der Waals surface area contributed by atoms with Gasteiger partial charge in [-0.15, -0.1) is 0 Å². The number of carbonyl (C=O) groups is 3. The van der Waals surface area contributed by atoms with Gasteiger partial charge in [0, 0.05) is 28.1 Å². The molecule has 0 aliphatic carbocycles. The summed E-state index contributed by atoms with van der Waals surface area (Å²) in [4.78, 5) is 40.8. The third kappa shape index (κ3) is 5.21. The van der Waals surface area contributed by atoms with Gasteiger partial charge in [0.2, 0.25) is 5.91 Å². The number of carbonyl (C=O) groups excluding carboxylic acids is 3. The largest absolute Gasteiger partial charge is 0.454 e. The van der Waals surface area contributed by atoms with E-state index in [1.807, 2.05) is 6.92 Å². The van der Waals surface area contributed by atoms with Crippen LogP contribution in [0.3, 0.4) is 0 Å². The zero-order valence-corrected chi connectivity index (χ0v) is 17.5. The van der Waals surface area contributed by atoms with Gasteiger partial charge in [-0.25, -0.2) is 4.79 Å². The third-order valence-electron chi connectivity index (χ3n) is 4.49. The number of fused-ring (bicyclic) bond motifs is 1. The number of aryl methyl sites for hydroxylation is 1. The molecule has 0 saturated carbocycles. The summed E-state index contributed by atoms with van der Waals surface area (Å²) < 4.78 is 5.20. The lowest BCUT2D eigenvalue weighted by atomic mass is 10.1. The molecular formula is C23H21ClN2O4. The first-order valence-corrected chi connectivity index (χ1v) is 9.92. The maximum atomic E-state index is 12.5. The first-order chi connectivity index (χ1) is 14.4. The number of nitrogens with zero attached hydrogens (tertiary/aromatic N) is 1. The lowest BCUT2D eigenvalue weighted by molar-refractivity contribution is -0.116. The normalized spacial score (nSPS) is 10.6. The molecule has 1 aromatic heterocycles. The van der Waals surface area contributed by atoms with Gasteiger partial charge in [0.1, 0.15) is 0 Å². The second-order valence-electron chi connectivity index (χ2n) is 6.83. The molecule has 0 radical (unpaired) electrons. The lowest BCUT2D eigenvalue weighted by Gasteiger charge is -2.09. The molecule has 2 aromatic carbocycles. The molecule has 0 fully saturated rings. The second kappa shape index (κ2) is 9.50. The van der Waals surface area contributed by atoms with Crippen molar-refractivity contribution >= 4 is 45.9 Å². The summed E-state index contributed by atoms with van der Waals surface area (Å²) in [6.45, 7) is 3.23. The summed E-state index contributed by atoms with van der Waals surface area (Å²) in [5, 5.41) is 4.01. The molecule has 154 valence electrons. The molecular weight excluding hydrogens is 404 g/mol. The summed E-state index contributed by atoms with van der Waals surface area (Å²) in [7, 11) is 0. The predicted octanol–water partition coefficient (Wildman–Crippen LogP) is 4.97. The number of esters is 1. The highest BCUT2D eigenvalue weighted by Crippen LogP contribution is 2.21. The average Bonchev–Trinajstić information content (AvgIpc) is 2.72. The van der Waals surface area contributed by atoms with Crippen LogP contribution in [-0.4, -0.2) is 29.3 Å². The number of hydrogen-bond donors (Lipinski definition) is 1. The number of hydrogen-bond acceptors (Lipinski definition) is 5. The Hall–Kier alpha value is -3.25. The van der Waals surface area contributed by atoms with Crippen molar-refractivity contribution in [3.63, 3.8) is 0 Å². The van der Waals surface area contributed by atoms with E-state index < -0.39 is 12.6 Å². The number of aromatic nitrogens is 1. The summed E-state index contributed by atoms with van der Waals surface area (Å²) in [6, 6.07) is 13.3. The van der Waals surface area contributed by atoms with Gasteiger partial charge in [-0.2, -0.15) is 0 Å². The Kier molecular flexibility index (Phi) is 6.79. The maximum absolute atomic E-state index is 12.5. The molecule has 1 N–H and O–H groups in total. The minimum Gasteiger partial charge on any atom is -0.454 e. The van der Waals surface area contributed by atoms with Crippen molar-refractivity contribution in [2.24, 2.45) is 0 Å². The number of rotatable bonds is 7. The van der Waals surface area contributed by atoms with Gasteiger partial charge in [-0.05, 0) is 61.9 Å². The Morgan fingerprint density at radius 1 is 1.07 bits per heavy atom. The quantitative estimate of drug-likeness (QED) is 0.427. The van der Waals surface area contributed by atoms with Gasteiger partial charge >= 0.3 is 5.97 Å². The highest BCUT2D eigenvalue weighted by atomic mass is 35.5. The van der Waals surface area contributed by atoms with Crippen molar-refractivity contribution in [1.29, 1.82) is 0 Å². The molecule has 30 heavy (non-hydrogen) atoms. The van der Waals surface area contributed by atoms with E-state index in [0.29, 0.717) is 33.8 Å². The Morgan fingerprint density at radius 3 is 2.50 bits per heavy atom. The smallest absolute Gasteiger partial charge is 0.340 e. The van der Waals surface area contributed by atoms with Gasteiger partial charge in [0.25, 0.3) is 0 Å². The lowest BCUT2D eigenvalue weighted by Crippen LogP contribution is -2.16. The van der Waals surface area contributed by atoms with Crippen LogP contribution >= 0.6 is 11.6 Å². The molecule has 3 aromatic rings. The number of nitrogens with one attached hydrogen (secondary N) is 1. The summed E-state index contributed by atoms with van der Waals surface area (Å²) in [5.41, 5.74) is 2.51. The van der Waals surface area contributed by atoms with Crippen LogP contribution in [0.1, 0.15) is 46.2 Å². The van der Waals surface area contributed by atoms with Gasteiger partial charge < -0.3 is 10.1 Å². The Labute approximate surface area is 179 Å². The van der Waals surface area contributed by atoms with Crippen LogP contribution < -0.4 is 5.32 Å². The molecule has 1 heterocycles. The summed E-state index contributed by atoms with van der Waals surface area (Å²) >= 11 is 6.00. The summed E-state index contributed by atoms with van der Waals surface area (Å²) in [6.07, 6.45) is 1.19. The summed E-state index contributed by atoms with van der Waals surface area (Å²) in [5.74, 6) is -1.05. The first kappa shape index (κ1) is 21.5. The van der Waals surface area contributed by atoms with Gasteiger partial charge in [0.05, 0.1) is 16.8 Å². The minimum atomic E-state index is -0.626. The number of Topliss-reactive ketones (excluding diaryl/α,β-unsaturated/α-hetero) is 1. The topological polar surface area (TPSA) is 85.4 Å². The van der Waals surface area contributed by atoms with Gasteiger partial charge in [0.15, 0.2) is 12.4 Å². The zero-order valence-electron chi connectivity index (χ0n) is 16.7. The molecule has 0 aliphatic heterocycles. The van der Waals surface area contributed by atoms with Crippen LogP contribution in [0.25, 0.3) is 10.9 Å². The third-order valence-corrected chi connectivity index (χ3v) is 4.72. The fraction of sp³-hybridized carbons (Fsp3) is 0.217. The van der Waals surface area contributed by atoms with Crippen molar-refractivity contribution < 1.29 is 19.1 Å². The Bertz CT molecular complexity index is 1110. The van der Waals surface area contributed by atoms with Crippen molar-refractivity contribution in [1.82, 2.24) is 4.98 Å². The molecule has 0 saturated heterocycles. The van der Waals surface area contributed by atoms with Gasteiger partial charge in [-0.3, -0.25) is 14.6 Å². The number of ether oxygens (including phenoxy) is 1. The van der Waals surface area contributed by atoms with Crippen LogP contribution in [0.2, 0.25) is 5.02 Å². The van der Waals surface area contributed by atoms with Crippen LogP contribution in [0, 0.1) is 6.92 Å². The number of anilines is 1. The molecule has 6 nitrogen and oxygen atoms in total. The predicted molar refractivity (Wildman–Crippen MR) is 116 cm³/mol. The standard InChI is InChI=1S/C23H21ClN2O4/c1-3-4-22(28)26-18-8-5-15(6-9-18)21(27)13-30-23(29)19-12-16-11-17(24)7-10-20(16)25-14(19)2/h5-12H,3-4,13H2,1-2H3,(H,26,28). The molecule has 0 atom stereocenters. The number of pyridine rings is 1. The first-order valence-electron chi connectivity index (χ1n) is 9.54. The van der Waals surface area contributed by atoms with E-state index in [1.165, 1.54) is 0 Å². The second-order valence-corrected chi connectivity index (χ2v) is 7.27. The number of ketones is 1. The SMILES string of the molecule is CCCC(=O)Nc1ccc(C(=O)COC(=O)c2cc3cc(Cl)ccc3nc2C)cc1. The van der Waals surface area contributed by atoms with E-state index in [2.05, 4.69) is 10.3 Å². The molecule has 3 rings (SSSR count). The molecule has 0 aliphatic rings.